The lowest BCUT2D eigenvalue weighted by molar-refractivity contribution is 0.0698. The quantitative estimate of drug-likeness (QED) is 0.662. The van der Waals surface area contributed by atoms with Crippen LogP contribution in [-0.2, 0) is 0 Å². The van der Waals surface area contributed by atoms with E-state index in [4.69, 9.17) is 11.6 Å². The molecule has 0 unspecified atom stereocenters. The van der Waals surface area contributed by atoms with Gasteiger partial charge in [0.15, 0.2) is 0 Å². The number of carboxylic acids is 1. The van der Waals surface area contributed by atoms with Gasteiger partial charge in [0.2, 0.25) is 0 Å². The molecule has 0 atom stereocenters. The van der Waals surface area contributed by atoms with E-state index < -0.39 is 5.97 Å². The third-order valence-corrected chi connectivity index (χ3v) is 4.52. The number of halogens is 1. The Morgan fingerprint density at radius 3 is 2.38 bits per heavy atom. The fourth-order valence-corrected chi connectivity index (χ4v) is 2.88. The fraction of sp³-hybridized carbons (Fsp3) is 0.0476. The van der Waals surface area contributed by atoms with Crippen LogP contribution in [0.4, 0.5) is 5.69 Å². The van der Waals surface area contributed by atoms with Gasteiger partial charge in [0, 0.05) is 10.6 Å². The first-order chi connectivity index (χ1) is 12.5. The highest BCUT2D eigenvalue weighted by Gasteiger charge is 2.16. The molecule has 0 heterocycles. The molecule has 0 saturated carbocycles. The lowest BCUT2D eigenvalue weighted by atomic mass is 9.98. The van der Waals surface area contributed by atoms with Gasteiger partial charge in [-0.2, -0.15) is 0 Å². The number of nitrogens with one attached hydrogen (secondary N) is 1. The normalized spacial score (nSPS) is 10.4. The molecule has 3 rings (SSSR count). The van der Waals surface area contributed by atoms with E-state index in [1.165, 1.54) is 6.07 Å². The SMILES string of the molecule is Cc1c(Cl)cccc1-c1ccc(C(=O)O)c(NC(=O)c2ccccc2)c1. The van der Waals surface area contributed by atoms with Crippen molar-refractivity contribution in [2.45, 2.75) is 6.92 Å². The van der Waals surface area contributed by atoms with E-state index in [1.54, 1.807) is 42.5 Å². The first-order valence-electron chi connectivity index (χ1n) is 7.96. The largest absolute Gasteiger partial charge is 0.478 e. The van der Waals surface area contributed by atoms with Crippen LogP contribution < -0.4 is 5.32 Å². The van der Waals surface area contributed by atoms with Crippen LogP contribution >= 0.6 is 11.6 Å². The van der Waals surface area contributed by atoms with Crippen molar-refractivity contribution < 1.29 is 14.7 Å². The number of carboxylic acid groups (broad SMARTS) is 1. The van der Waals surface area contributed by atoms with Crippen molar-refractivity contribution in [3.8, 4) is 11.1 Å². The summed E-state index contributed by atoms with van der Waals surface area (Å²) in [4.78, 5) is 24.0. The van der Waals surface area contributed by atoms with Crippen molar-refractivity contribution in [1.82, 2.24) is 0 Å². The summed E-state index contributed by atoms with van der Waals surface area (Å²) >= 11 is 6.19. The number of aromatic carboxylic acids is 1. The number of hydrogen-bond donors (Lipinski definition) is 2. The highest BCUT2D eigenvalue weighted by atomic mass is 35.5. The van der Waals surface area contributed by atoms with Gasteiger partial charge in [0.05, 0.1) is 11.3 Å². The van der Waals surface area contributed by atoms with E-state index in [9.17, 15) is 14.7 Å². The molecule has 130 valence electrons. The molecule has 0 aromatic heterocycles. The molecule has 0 aliphatic carbocycles. The van der Waals surface area contributed by atoms with Gasteiger partial charge in [-0.1, -0.05) is 48.0 Å². The summed E-state index contributed by atoms with van der Waals surface area (Å²) in [6, 6.07) is 19.0. The van der Waals surface area contributed by atoms with Crippen LogP contribution in [0.2, 0.25) is 5.02 Å². The maximum atomic E-state index is 12.4. The van der Waals surface area contributed by atoms with Crippen molar-refractivity contribution in [2.75, 3.05) is 5.32 Å². The van der Waals surface area contributed by atoms with Crippen LogP contribution in [0.15, 0.2) is 66.7 Å². The third kappa shape index (κ3) is 3.60. The molecule has 1 amide bonds. The smallest absolute Gasteiger partial charge is 0.337 e. The zero-order chi connectivity index (χ0) is 18.7. The summed E-state index contributed by atoms with van der Waals surface area (Å²) < 4.78 is 0. The van der Waals surface area contributed by atoms with Crippen molar-refractivity contribution in [3.63, 3.8) is 0 Å². The van der Waals surface area contributed by atoms with Crippen LogP contribution in [0, 0.1) is 6.92 Å². The molecule has 0 aliphatic heterocycles. The maximum absolute atomic E-state index is 12.4. The lowest BCUT2D eigenvalue weighted by Gasteiger charge is -2.13. The van der Waals surface area contributed by atoms with Crippen molar-refractivity contribution in [2.24, 2.45) is 0 Å². The second-order valence-electron chi connectivity index (χ2n) is 5.80. The van der Waals surface area contributed by atoms with Gasteiger partial charge in [0.25, 0.3) is 5.91 Å². The van der Waals surface area contributed by atoms with Gasteiger partial charge >= 0.3 is 5.97 Å². The molecule has 0 aliphatic rings. The Bertz CT molecular complexity index is 984. The van der Waals surface area contributed by atoms with Gasteiger partial charge in [-0.25, -0.2) is 4.79 Å². The monoisotopic (exact) mass is 365 g/mol. The summed E-state index contributed by atoms with van der Waals surface area (Å²) in [7, 11) is 0. The average molecular weight is 366 g/mol. The van der Waals surface area contributed by atoms with Crippen LogP contribution in [0.3, 0.4) is 0 Å². The van der Waals surface area contributed by atoms with Gasteiger partial charge in [0.1, 0.15) is 0 Å². The topological polar surface area (TPSA) is 66.4 Å². The summed E-state index contributed by atoms with van der Waals surface area (Å²) in [5.74, 6) is -1.48. The molecule has 3 aromatic rings. The van der Waals surface area contributed by atoms with E-state index in [0.717, 1.165) is 16.7 Å². The summed E-state index contributed by atoms with van der Waals surface area (Å²) in [6.45, 7) is 1.89. The number of carbonyl (C=O) groups excluding carboxylic acids is 1. The molecule has 0 fully saturated rings. The molecule has 0 bridgehead atoms. The van der Waals surface area contributed by atoms with E-state index in [1.807, 2.05) is 25.1 Å². The van der Waals surface area contributed by atoms with Crippen molar-refractivity contribution >= 4 is 29.2 Å². The maximum Gasteiger partial charge on any atom is 0.337 e. The minimum atomic E-state index is -1.11. The van der Waals surface area contributed by atoms with Gasteiger partial charge in [-0.15, -0.1) is 0 Å². The Balaban J connectivity index is 2.04. The highest BCUT2D eigenvalue weighted by molar-refractivity contribution is 6.31. The second-order valence-corrected chi connectivity index (χ2v) is 6.21. The first kappa shape index (κ1) is 17.7. The highest BCUT2D eigenvalue weighted by Crippen LogP contribution is 2.31. The van der Waals surface area contributed by atoms with Crippen LogP contribution in [-0.4, -0.2) is 17.0 Å². The number of carbonyl (C=O) groups is 2. The standard InChI is InChI=1S/C21H16ClNO3/c1-13-16(8-5-9-18(13)22)15-10-11-17(21(25)26)19(12-15)23-20(24)14-6-3-2-4-7-14/h2-12H,1H3,(H,23,24)(H,25,26). The molecule has 5 heteroatoms. The molecular formula is C21H16ClNO3. The Kier molecular flexibility index (Phi) is 5.05. The zero-order valence-electron chi connectivity index (χ0n) is 14.0. The van der Waals surface area contributed by atoms with Crippen molar-refractivity contribution in [3.05, 3.63) is 88.4 Å². The Morgan fingerprint density at radius 1 is 0.962 bits per heavy atom. The van der Waals surface area contributed by atoms with Gasteiger partial charge < -0.3 is 10.4 Å². The molecule has 0 spiro atoms. The van der Waals surface area contributed by atoms with Crippen LogP contribution in [0.1, 0.15) is 26.3 Å². The van der Waals surface area contributed by atoms with Gasteiger partial charge in [-0.3, -0.25) is 4.79 Å². The molecular weight excluding hydrogens is 350 g/mol. The predicted molar refractivity (Wildman–Crippen MR) is 103 cm³/mol. The summed E-state index contributed by atoms with van der Waals surface area (Å²) in [6.07, 6.45) is 0. The molecule has 0 radical (unpaired) electrons. The van der Waals surface area contributed by atoms with E-state index >= 15 is 0 Å². The first-order valence-corrected chi connectivity index (χ1v) is 8.34. The number of hydrogen-bond acceptors (Lipinski definition) is 2. The molecule has 0 saturated heterocycles. The third-order valence-electron chi connectivity index (χ3n) is 4.11. The Hall–Kier alpha value is -3.11. The second kappa shape index (κ2) is 7.42. The van der Waals surface area contributed by atoms with Crippen LogP contribution in [0.5, 0.6) is 0 Å². The summed E-state index contributed by atoms with van der Waals surface area (Å²) in [5, 5.41) is 12.8. The average Bonchev–Trinajstić information content (AvgIpc) is 2.64. The molecule has 2 N–H and O–H groups in total. The number of benzene rings is 3. The number of anilines is 1. The molecule has 4 nitrogen and oxygen atoms in total. The zero-order valence-corrected chi connectivity index (χ0v) is 14.7. The molecule has 3 aromatic carbocycles. The fourth-order valence-electron chi connectivity index (χ4n) is 2.71. The van der Waals surface area contributed by atoms with Crippen molar-refractivity contribution in [1.29, 1.82) is 0 Å². The lowest BCUT2D eigenvalue weighted by Crippen LogP contribution is -2.14. The minimum absolute atomic E-state index is 0.0257. The van der Waals surface area contributed by atoms with E-state index in [-0.39, 0.29) is 17.2 Å². The Morgan fingerprint density at radius 2 is 1.69 bits per heavy atom. The Labute approximate surface area is 156 Å². The summed E-state index contributed by atoms with van der Waals surface area (Å²) in [5.41, 5.74) is 3.26. The van der Waals surface area contributed by atoms with E-state index in [2.05, 4.69) is 5.32 Å². The predicted octanol–water partition coefficient (Wildman–Crippen LogP) is 5.27. The van der Waals surface area contributed by atoms with Gasteiger partial charge in [-0.05, 0) is 53.9 Å². The van der Waals surface area contributed by atoms with E-state index in [0.29, 0.717) is 10.6 Å². The minimum Gasteiger partial charge on any atom is -0.478 e. The number of rotatable bonds is 4. The molecule has 26 heavy (non-hydrogen) atoms. The van der Waals surface area contributed by atoms with Crippen LogP contribution in [0.25, 0.3) is 11.1 Å². The number of amides is 1.